The lowest BCUT2D eigenvalue weighted by atomic mass is 9.99. The van der Waals surface area contributed by atoms with Crippen LogP contribution >= 0.6 is 0 Å². The molecule has 4 heteroatoms. The number of hydrogen-bond donors (Lipinski definition) is 2. The Morgan fingerprint density at radius 3 is 3.16 bits per heavy atom. The quantitative estimate of drug-likeness (QED) is 0.854. The molecule has 0 aliphatic carbocycles. The second-order valence-corrected chi connectivity index (χ2v) is 5.00. The maximum atomic E-state index is 11.9. The van der Waals surface area contributed by atoms with Crippen LogP contribution in [0, 0.1) is 0 Å². The number of carbonyl (C=O) groups is 1. The van der Waals surface area contributed by atoms with Gasteiger partial charge in [-0.2, -0.15) is 0 Å². The van der Waals surface area contributed by atoms with Gasteiger partial charge in [0.2, 0.25) is 5.91 Å². The van der Waals surface area contributed by atoms with Gasteiger partial charge in [-0.05, 0) is 43.5 Å². The molecule has 0 saturated carbocycles. The van der Waals surface area contributed by atoms with Gasteiger partial charge in [0.15, 0.2) is 0 Å². The fourth-order valence-electron chi connectivity index (χ4n) is 2.31. The van der Waals surface area contributed by atoms with E-state index in [1.807, 2.05) is 19.1 Å². The minimum absolute atomic E-state index is 0.0656. The number of carbonyl (C=O) groups excluding carboxylic acids is 1. The smallest absolute Gasteiger partial charge is 0.224 e. The van der Waals surface area contributed by atoms with Crippen molar-refractivity contribution in [2.24, 2.45) is 0 Å². The molecule has 2 N–H and O–H groups in total. The Balaban J connectivity index is 1.97. The zero-order valence-electron chi connectivity index (χ0n) is 11.7. The van der Waals surface area contributed by atoms with E-state index in [0.29, 0.717) is 6.42 Å². The summed E-state index contributed by atoms with van der Waals surface area (Å²) in [6.07, 6.45) is 2.34. The number of amides is 1. The van der Waals surface area contributed by atoms with Gasteiger partial charge in [-0.3, -0.25) is 4.79 Å². The second-order valence-electron chi connectivity index (χ2n) is 5.00. The first-order chi connectivity index (χ1) is 9.20. The van der Waals surface area contributed by atoms with E-state index in [2.05, 4.69) is 16.7 Å². The van der Waals surface area contributed by atoms with E-state index in [1.54, 1.807) is 7.11 Å². The molecular weight excluding hydrogens is 240 g/mol. The van der Waals surface area contributed by atoms with Gasteiger partial charge < -0.3 is 15.4 Å². The minimum atomic E-state index is 0.0656. The van der Waals surface area contributed by atoms with Gasteiger partial charge in [0.1, 0.15) is 0 Å². The summed E-state index contributed by atoms with van der Waals surface area (Å²) in [5, 5.41) is 6.37. The Hall–Kier alpha value is -1.39. The molecule has 1 unspecified atom stereocenters. The van der Waals surface area contributed by atoms with Crippen LogP contribution in [0.1, 0.15) is 30.9 Å². The number of benzene rings is 1. The topological polar surface area (TPSA) is 50.4 Å². The van der Waals surface area contributed by atoms with E-state index in [1.165, 1.54) is 11.1 Å². The number of rotatable bonds is 5. The molecular formula is C15H22N2O2. The third kappa shape index (κ3) is 3.78. The van der Waals surface area contributed by atoms with Crippen LogP contribution in [0.2, 0.25) is 0 Å². The molecule has 19 heavy (non-hydrogen) atoms. The van der Waals surface area contributed by atoms with E-state index in [0.717, 1.165) is 31.6 Å². The van der Waals surface area contributed by atoms with Crippen LogP contribution < -0.4 is 10.6 Å². The molecule has 4 nitrogen and oxygen atoms in total. The number of nitrogens with one attached hydrogen (secondary N) is 2. The first-order valence-corrected chi connectivity index (χ1v) is 6.85. The van der Waals surface area contributed by atoms with Crippen LogP contribution in [-0.2, 0) is 22.5 Å². The number of fused-ring (bicyclic) bond motifs is 1. The number of methoxy groups -OCH3 is 1. The molecule has 0 fully saturated rings. The zero-order chi connectivity index (χ0) is 13.7. The lowest BCUT2D eigenvalue weighted by molar-refractivity contribution is -0.116. The van der Waals surface area contributed by atoms with Crippen molar-refractivity contribution >= 4 is 11.6 Å². The van der Waals surface area contributed by atoms with Gasteiger partial charge in [-0.15, -0.1) is 0 Å². The monoisotopic (exact) mass is 262 g/mol. The number of anilines is 1. The molecule has 0 saturated heterocycles. The van der Waals surface area contributed by atoms with Gasteiger partial charge in [-0.1, -0.05) is 12.1 Å². The molecule has 0 spiro atoms. The van der Waals surface area contributed by atoms with Crippen molar-refractivity contribution in [2.45, 2.75) is 38.8 Å². The molecule has 1 heterocycles. The first-order valence-electron chi connectivity index (χ1n) is 6.85. The molecule has 104 valence electrons. The Labute approximate surface area is 114 Å². The van der Waals surface area contributed by atoms with Crippen molar-refractivity contribution in [3.63, 3.8) is 0 Å². The zero-order valence-corrected chi connectivity index (χ0v) is 11.7. The Morgan fingerprint density at radius 1 is 1.53 bits per heavy atom. The van der Waals surface area contributed by atoms with E-state index < -0.39 is 0 Å². The standard InChI is InChI=1S/C15H22N2O2/c1-11(19-2)6-7-15(18)17-14-5-3-4-12-10-16-9-8-13(12)14/h3-5,11,16H,6-10H2,1-2H3,(H,17,18). The van der Waals surface area contributed by atoms with Gasteiger partial charge >= 0.3 is 0 Å². The third-order valence-electron chi connectivity index (χ3n) is 3.59. The maximum Gasteiger partial charge on any atom is 0.224 e. The molecule has 1 aromatic carbocycles. The summed E-state index contributed by atoms with van der Waals surface area (Å²) < 4.78 is 5.15. The largest absolute Gasteiger partial charge is 0.382 e. The van der Waals surface area contributed by atoms with Crippen molar-refractivity contribution in [1.29, 1.82) is 0 Å². The Kier molecular flexibility index (Phi) is 4.93. The van der Waals surface area contributed by atoms with Gasteiger partial charge in [-0.25, -0.2) is 0 Å². The van der Waals surface area contributed by atoms with E-state index in [-0.39, 0.29) is 12.0 Å². The molecule has 1 aromatic rings. The molecule has 0 radical (unpaired) electrons. The van der Waals surface area contributed by atoms with Crippen LogP contribution in [0.25, 0.3) is 0 Å². The van der Waals surface area contributed by atoms with Crippen LogP contribution in [0.5, 0.6) is 0 Å². The first kappa shape index (κ1) is 14.0. The van der Waals surface area contributed by atoms with Gasteiger partial charge in [0.25, 0.3) is 0 Å². The van der Waals surface area contributed by atoms with E-state index in [9.17, 15) is 4.79 Å². The molecule has 2 rings (SSSR count). The van der Waals surface area contributed by atoms with Crippen LogP contribution in [0.3, 0.4) is 0 Å². The summed E-state index contributed by atoms with van der Waals surface area (Å²) in [7, 11) is 1.67. The van der Waals surface area contributed by atoms with Crippen molar-refractivity contribution in [1.82, 2.24) is 5.32 Å². The summed E-state index contributed by atoms with van der Waals surface area (Å²) in [5.41, 5.74) is 3.53. The Morgan fingerprint density at radius 2 is 2.37 bits per heavy atom. The van der Waals surface area contributed by atoms with E-state index in [4.69, 9.17) is 4.74 Å². The lowest BCUT2D eigenvalue weighted by Crippen LogP contribution is -2.25. The lowest BCUT2D eigenvalue weighted by Gasteiger charge is -2.20. The maximum absolute atomic E-state index is 11.9. The SMILES string of the molecule is COC(C)CCC(=O)Nc1cccc2c1CCNC2. The highest BCUT2D eigenvalue weighted by molar-refractivity contribution is 5.91. The van der Waals surface area contributed by atoms with E-state index >= 15 is 0 Å². The summed E-state index contributed by atoms with van der Waals surface area (Å²) >= 11 is 0. The molecule has 1 aliphatic heterocycles. The Bertz CT molecular complexity index is 446. The third-order valence-corrected chi connectivity index (χ3v) is 3.59. The van der Waals surface area contributed by atoms with Crippen molar-refractivity contribution in [2.75, 3.05) is 19.0 Å². The second kappa shape index (κ2) is 6.68. The van der Waals surface area contributed by atoms with Crippen molar-refractivity contribution in [3.05, 3.63) is 29.3 Å². The van der Waals surface area contributed by atoms with Crippen LogP contribution in [0.15, 0.2) is 18.2 Å². The summed E-state index contributed by atoms with van der Waals surface area (Å²) in [6, 6.07) is 6.10. The number of ether oxygens (including phenoxy) is 1. The molecule has 0 bridgehead atoms. The average Bonchev–Trinajstić information content (AvgIpc) is 2.45. The summed E-state index contributed by atoms with van der Waals surface area (Å²) in [4.78, 5) is 11.9. The predicted octanol–water partition coefficient (Wildman–Crippen LogP) is 2.09. The van der Waals surface area contributed by atoms with Crippen molar-refractivity contribution < 1.29 is 9.53 Å². The molecule has 1 aliphatic rings. The highest BCUT2D eigenvalue weighted by atomic mass is 16.5. The fraction of sp³-hybridized carbons (Fsp3) is 0.533. The van der Waals surface area contributed by atoms with Crippen LogP contribution in [0.4, 0.5) is 5.69 Å². The highest BCUT2D eigenvalue weighted by Gasteiger charge is 2.14. The average molecular weight is 262 g/mol. The minimum Gasteiger partial charge on any atom is -0.382 e. The van der Waals surface area contributed by atoms with Crippen LogP contribution in [-0.4, -0.2) is 25.7 Å². The molecule has 0 aromatic heterocycles. The normalized spacial score (nSPS) is 15.7. The van der Waals surface area contributed by atoms with Gasteiger partial charge in [0.05, 0.1) is 6.10 Å². The summed E-state index contributed by atoms with van der Waals surface area (Å²) in [6.45, 7) is 3.84. The predicted molar refractivity (Wildman–Crippen MR) is 76.2 cm³/mol. The fourth-order valence-corrected chi connectivity index (χ4v) is 2.31. The summed E-state index contributed by atoms with van der Waals surface area (Å²) in [5.74, 6) is 0.0656. The van der Waals surface area contributed by atoms with Gasteiger partial charge in [0, 0.05) is 25.8 Å². The highest BCUT2D eigenvalue weighted by Crippen LogP contribution is 2.23. The molecule has 1 amide bonds. The molecule has 1 atom stereocenters. The number of hydrogen-bond acceptors (Lipinski definition) is 3. The van der Waals surface area contributed by atoms with Crippen molar-refractivity contribution in [3.8, 4) is 0 Å².